The molecule has 0 aromatic carbocycles. The first-order chi connectivity index (χ1) is 10.7. The number of amides is 1. The van der Waals surface area contributed by atoms with Crippen LogP contribution in [0.4, 0.5) is 0 Å². The van der Waals surface area contributed by atoms with Crippen molar-refractivity contribution in [3.05, 3.63) is 35.0 Å². The fraction of sp³-hybridized carbons (Fsp3) is 0.471. The molecule has 0 atom stereocenters. The fourth-order valence-corrected chi connectivity index (χ4v) is 4.01. The molecule has 22 heavy (non-hydrogen) atoms. The van der Waals surface area contributed by atoms with Crippen molar-refractivity contribution in [2.24, 2.45) is 0 Å². The van der Waals surface area contributed by atoms with E-state index in [1.807, 2.05) is 37.1 Å². The predicted octanol–water partition coefficient (Wildman–Crippen LogP) is 3.92. The van der Waals surface area contributed by atoms with E-state index >= 15 is 0 Å². The molecular formula is C17H21N3OS. The van der Waals surface area contributed by atoms with E-state index in [4.69, 9.17) is 0 Å². The fourth-order valence-electron chi connectivity index (χ4n) is 2.99. The average Bonchev–Trinajstić information content (AvgIpc) is 2.97. The monoisotopic (exact) mass is 315 g/mol. The lowest BCUT2D eigenvalue weighted by molar-refractivity contribution is 0.0700. The summed E-state index contributed by atoms with van der Waals surface area (Å²) in [5, 5.41) is 0.818. The molecule has 0 spiro atoms. The van der Waals surface area contributed by atoms with Gasteiger partial charge in [0, 0.05) is 19.3 Å². The Hall–Kier alpha value is -1.75. The molecule has 0 saturated heterocycles. The molecule has 2 heterocycles. The lowest BCUT2D eigenvalue weighted by Gasteiger charge is -2.31. The van der Waals surface area contributed by atoms with Crippen molar-refractivity contribution in [2.75, 3.05) is 7.05 Å². The van der Waals surface area contributed by atoms with Crippen LogP contribution < -0.4 is 0 Å². The van der Waals surface area contributed by atoms with E-state index in [1.54, 1.807) is 6.20 Å². The van der Waals surface area contributed by atoms with E-state index in [9.17, 15) is 4.79 Å². The zero-order valence-electron chi connectivity index (χ0n) is 13.1. The third-order valence-electron chi connectivity index (χ3n) is 4.32. The van der Waals surface area contributed by atoms with E-state index < -0.39 is 0 Å². The number of rotatable bonds is 3. The van der Waals surface area contributed by atoms with Crippen LogP contribution in [0.15, 0.2) is 24.4 Å². The molecule has 1 saturated carbocycles. The van der Waals surface area contributed by atoms with Gasteiger partial charge in [0.15, 0.2) is 0 Å². The largest absolute Gasteiger partial charge is 0.338 e. The molecule has 2 aromatic heterocycles. The summed E-state index contributed by atoms with van der Waals surface area (Å²) in [6.07, 6.45) is 7.73. The molecule has 5 heteroatoms. The summed E-state index contributed by atoms with van der Waals surface area (Å²) in [6.45, 7) is 1.91. The molecule has 0 unspecified atom stereocenters. The summed E-state index contributed by atoms with van der Waals surface area (Å²) in [7, 11) is 1.93. The average molecular weight is 315 g/mol. The zero-order chi connectivity index (χ0) is 15.5. The first kappa shape index (κ1) is 15.2. The standard InChI is InChI=1S/C17H21N3OS/c1-12-15(17(21)20(2)13-8-4-3-5-9-13)22-16(19-12)14-10-6-7-11-18-14/h6-7,10-11,13H,3-5,8-9H2,1-2H3. The van der Waals surface area contributed by atoms with Gasteiger partial charge >= 0.3 is 0 Å². The third kappa shape index (κ3) is 3.04. The van der Waals surface area contributed by atoms with Crippen LogP contribution >= 0.6 is 11.3 Å². The molecule has 0 N–H and O–H groups in total. The lowest BCUT2D eigenvalue weighted by atomic mass is 9.94. The first-order valence-electron chi connectivity index (χ1n) is 7.83. The second-order valence-electron chi connectivity index (χ2n) is 5.86. The summed E-state index contributed by atoms with van der Waals surface area (Å²) in [5.41, 5.74) is 1.63. The number of nitrogens with zero attached hydrogens (tertiary/aromatic N) is 3. The van der Waals surface area contributed by atoms with Gasteiger partial charge in [0.05, 0.1) is 11.4 Å². The first-order valence-corrected chi connectivity index (χ1v) is 8.64. The van der Waals surface area contributed by atoms with Crippen LogP contribution in [0.5, 0.6) is 0 Å². The van der Waals surface area contributed by atoms with Gasteiger partial charge < -0.3 is 4.90 Å². The van der Waals surface area contributed by atoms with Crippen molar-refractivity contribution in [1.29, 1.82) is 0 Å². The van der Waals surface area contributed by atoms with Crippen molar-refractivity contribution in [1.82, 2.24) is 14.9 Å². The van der Waals surface area contributed by atoms with Crippen molar-refractivity contribution in [3.63, 3.8) is 0 Å². The molecule has 1 aliphatic carbocycles. The molecule has 1 fully saturated rings. The second kappa shape index (κ2) is 6.57. The van der Waals surface area contributed by atoms with Gasteiger partial charge in [-0.25, -0.2) is 4.98 Å². The maximum absolute atomic E-state index is 12.8. The van der Waals surface area contributed by atoms with Gasteiger partial charge in [0.25, 0.3) is 5.91 Å². The smallest absolute Gasteiger partial charge is 0.265 e. The molecule has 1 aliphatic rings. The van der Waals surface area contributed by atoms with Crippen molar-refractivity contribution in [3.8, 4) is 10.7 Å². The Morgan fingerprint density at radius 2 is 2.05 bits per heavy atom. The number of aromatic nitrogens is 2. The highest BCUT2D eigenvalue weighted by Gasteiger charge is 2.26. The number of hydrogen-bond donors (Lipinski definition) is 0. The topological polar surface area (TPSA) is 46.1 Å². The van der Waals surface area contributed by atoms with Gasteiger partial charge in [-0.2, -0.15) is 0 Å². The minimum Gasteiger partial charge on any atom is -0.338 e. The normalized spacial score (nSPS) is 15.7. The predicted molar refractivity (Wildman–Crippen MR) is 89.0 cm³/mol. The van der Waals surface area contributed by atoms with E-state index in [0.717, 1.165) is 34.1 Å². The number of pyridine rings is 1. The lowest BCUT2D eigenvalue weighted by Crippen LogP contribution is -2.38. The molecule has 0 bridgehead atoms. The number of hydrogen-bond acceptors (Lipinski definition) is 4. The maximum atomic E-state index is 12.8. The molecule has 1 amide bonds. The quantitative estimate of drug-likeness (QED) is 0.862. The Morgan fingerprint density at radius 3 is 2.73 bits per heavy atom. The number of thiazole rings is 1. The van der Waals surface area contributed by atoms with Crippen LogP contribution in [0.1, 0.15) is 47.5 Å². The summed E-state index contributed by atoms with van der Waals surface area (Å²) in [5.74, 6) is 0.101. The Morgan fingerprint density at radius 1 is 1.27 bits per heavy atom. The third-order valence-corrected chi connectivity index (χ3v) is 5.49. The summed E-state index contributed by atoms with van der Waals surface area (Å²) in [6, 6.07) is 6.12. The number of carbonyl (C=O) groups is 1. The van der Waals surface area contributed by atoms with Crippen LogP contribution in [0.2, 0.25) is 0 Å². The molecule has 116 valence electrons. The second-order valence-corrected chi connectivity index (χ2v) is 6.86. The number of carbonyl (C=O) groups excluding carboxylic acids is 1. The van der Waals surface area contributed by atoms with Gasteiger partial charge in [-0.3, -0.25) is 9.78 Å². The Balaban J connectivity index is 1.82. The molecule has 0 aliphatic heterocycles. The van der Waals surface area contributed by atoms with Gasteiger partial charge in [-0.1, -0.05) is 25.3 Å². The van der Waals surface area contributed by atoms with Gasteiger partial charge in [-0.05, 0) is 31.9 Å². The molecule has 2 aromatic rings. The van der Waals surface area contributed by atoms with Gasteiger partial charge in [0.2, 0.25) is 0 Å². The molecule has 4 nitrogen and oxygen atoms in total. The zero-order valence-corrected chi connectivity index (χ0v) is 13.9. The molecule has 0 radical (unpaired) electrons. The van der Waals surface area contributed by atoms with Crippen molar-refractivity contribution in [2.45, 2.75) is 45.1 Å². The minimum absolute atomic E-state index is 0.101. The number of aryl methyl sites for hydroxylation is 1. The van der Waals surface area contributed by atoms with Crippen LogP contribution in [0.3, 0.4) is 0 Å². The van der Waals surface area contributed by atoms with Crippen molar-refractivity contribution < 1.29 is 4.79 Å². The molecular weight excluding hydrogens is 294 g/mol. The van der Waals surface area contributed by atoms with E-state index in [-0.39, 0.29) is 5.91 Å². The van der Waals surface area contributed by atoms with E-state index in [0.29, 0.717) is 6.04 Å². The van der Waals surface area contributed by atoms with Gasteiger partial charge in [-0.15, -0.1) is 11.3 Å². The minimum atomic E-state index is 0.101. The molecule has 3 rings (SSSR count). The highest BCUT2D eigenvalue weighted by Crippen LogP contribution is 2.29. The highest BCUT2D eigenvalue weighted by molar-refractivity contribution is 7.17. The van der Waals surface area contributed by atoms with Crippen LogP contribution in [0, 0.1) is 6.92 Å². The SMILES string of the molecule is Cc1nc(-c2ccccn2)sc1C(=O)N(C)C1CCCCC1. The maximum Gasteiger partial charge on any atom is 0.265 e. The van der Waals surface area contributed by atoms with Gasteiger partial charge in [0.1, 0.15) is 9.88 Å². The Labute approximate surface area is 135 Å². The summed E-state index contributed by atoms with van der Waals surface area (Å²) < 4.78 is 0. The van der Waals surface area contributed by atoms with Crippen LogP contribution in [0.25, 0.3) is 10.7 Å². The van der Waals surface area contributed by atoms with Crippen LogP contribution in [-0.4, -0.2) is 33.9 Å². The Kier molecular flexibility index (Phi) is 4.52. The summed E-state index contributed by atoms with van der Waals surface area (Å²) in [4.78, 5) is 24.3. The van der Waals surface area contributed by atoms with Crippen LogP contribution in [-0.2, 0) is 0 Å². The van der Waals surface area contributed by atoms with E-state index in [1.165, 1.54) is 30.6 Å². The van der Waals surface area contributed by atoms with Crippen molar-refractivity contribution >= 4 is 17.2 Å². The Bertz CT molecular complexity index is 647. The van der Waals surface area contributed by atoms with E-state index in [2.05, 4.69) is 9.97 Å². The highest BCUT2D eigenvalue weighted by atomic mass is 32.1. The summed E-state index contributed by atoms with van der Waals surface area (Å²) >= 11 is 1.45.